The Morgan fingerprint density at radius 3 is 3.08 bits per heavy atom. The molecule has 4 nitrogen and oxygen atoms in total. The monoisotopic (exact) mass is 187 g/mol. The smallest absolute Gasteiger partial charge is 0.233 e. The molecule has 0 bridgehead atoms. The predicted molar refractivity (Wildman–Crippen MR) is 46.5 cm³/mol. The van der Waals surface area contributed by atoms with Gasteiger partial charge in [-0.3, -0.25) is 4.98 Å². The van der Waals surface area contributed by atoms with Crippen molar-refractivity contribution in [1.82, 2.24) is 15.3 Å². The highest BCUT2D eigenvalue weighted by atomic mass is 35.5. The van der Waals surface area contributed by atoms with Gasteiger partial charge in [0.05, 0.1) is 12.4 Å². The number of ether oxygens (including phenoxy) is 1. The quantitative estimate of drug-likeness (QED) is 0.706. The molecule has 12 heavy (non-hydrogen) atoms. The highest BCUT2D eigenvalue weighted by Crippen LogP contribution is 2.08. The summed E-state index contributed by atoms with van der Waals surface area (Å²) in [5.41, 5.74) is 0. The van der Waals surface area contributed by atoms with Gasteiger partial charge in [0.1, 0.15) is 6.61 Å². The Kier molecular flexibility index (Phi) is 3.76. The molecule has 0 aliphatic carbocycles. The van der Waals surface area contributed by atoms with Crippen molar-refractivity contribution in [3.63, 3.8) is 0 Å². The van der Waals surface area contributed by atoms with Crippen LogP contribution in [0.25, 0.3) is 0 Å². The molecule has 5 heteroatoms. The molecule has 0 fully saturated rings. The molecular weight excluding hydrogens is 178 g/mol. The lowest BCUT2D eigenvalue weighted by molar-refractivity contribution is 0.305. The van der Waals surface area contributed by atoms with Gasteiger partial charge in [0.15, 0.2) is 5.15 Å². The van der Waals surface area contributed by atoms with Gasteiger partial charge in [-0.25, -0.2) is 0 Å². The molecule has 1 aromatic heterocycles. The van der Waals surface area contributed by atoms with E-state index >= 15 is 0 Å². The van der Waals surface area contributed by atoms with E-state index in [4.69, 9.17) is 16.3 Å². The molecule has 1 rings (SSSR count). The van der Waals surface area contributed by atoms with E-state index in [-0.39, 0.29) is 0 Å². The number of likely N-dealkylation sites (N-methyl/N-ethyl adjacent to an activating group) is 1. The molecular formula is C7H10ClN3O. The molecule has 0 atom stereocenters. The molecule has 0 spiro atoms. The Labute approximate surface area is 75.9 Å². The topological polar surface area (TPSA) is 47.0 Å². The first kappa shape index (κ1) is 9.22. The van der Waals surface area contributed by atoms with E-state index in [0.717, 1.165) is 6.54 Å². The minimum absolute atomic E-state index is 0.344. The van der Waals surface area contributed by atoms with E-state index in [1.165, 1.54) is 12.4 Å². The first-order chi connectivity index (χ1) is 5.83. The van der Waals surface area contributed by atoms with Crippen LogP contribution in [-0.4, -0.2) is 30.2 Å². The van der Waals surface area contributed by atoms with Crippen LogP contribution in [0.1, 0.15) is 0 Å². The lowest BCUT2D eigenvalue weighted by Crippen LogP contribution is -2.16. The van der Waals surface area contributed by atoms with Crippen molar-refractivity contribution < 1.29 is 4.74 Å². The first-order valence-corrected chi connectivity index (χ1v) is 3.95. The van der Waals surface area contributed by atoms with Gasteiger partial charge in [-0.2, -0.15) is 4.98 Å². The standard InChI is InChI=1S/C7H10ClN3O/c1-9-2-3-12-7-5-10-4-6(8)11-7/h4-5,9H,2-3H2,1H3. The summed E-state index contributed by atoms with van der Waals surface area (Å²) in [4.78, 5) is 7.72. The van der Waals surface area contributed by atoms with Gasteiger partial charge in [-0.1, -0.05) is 11.6 Å². The third kappa shape index (κ3) is 3.02. The number of aromatic nitrogens is 2. The summed E-state index contributed by atoms with van der Waals surface area (Å²) < 4.78 is 5.21. The van der Waals surface area contributed by atoms with Crippen LogP contribution >= 0.6 is 11.6 Å². The molecule has 1 aromatic rings. The molecule has 0 amide bonds. The van der Waals surface area contributed by atoms with Gasteiger partial charge < -0.3 is 10.1 Å². The Bertz CT molecular complexity index is 244. The number of hydrogen-bond acceptors (Lipinski definition) is 4. The average Bonchev–Trinajstić information content (AvgIpc) is 2.05. The van der Waals surface area contributed by atoms with E-state index in [1.807, 2.05) is 7.05 Å². The largest absolute Gasteiger partial charge is 0.475 e. The van der Waals surface area contributed by atoms with Crippen molar-refractivity contribution >= 4 is 11.6 Å². The van der Waals surface area contributed by atoms with Crippen molar-refractivity contribution in [3.8, 4) is 5.88 Å². The summed E-state index contributed by atoms with van der Waals surface area (Å²) in [5, 5.41) is 3.29. The fourth-order valence-electron chi connectivity index (χ4n) is 0.653. The van der Waals surface area contributed by atoms with Crippen LogP contribution in [0, 0.1) is 0 Å². The second-order valence-corrected chi connectivity index (χ2v) is 2.52. The van der Waals surface area contributed by atoms with Crippen LogP contribution < -0.4 is 10.1 Å². The average molecular weight is 188 g/mol. The Morgan fingerprint density at radius 2 is 2.42 bits per heavy atom. The lowest BCUT2D eigenvalue weighted by atomic mass is 10.6. The van der Waals surface area contributed by atoms with Crippen molar-refractivity contribution in [2.45, 2.75) is 0 Å². The summed E-state index contributed by atoms with van der Waals surface area (Å²) in [6.07, 6.45) is 2.99. The molecule has 66 valence electrons. The Morgan fingerprint density at radius 1 is 1.58 bits per heavy atom. The summed E-state index contributed by atoms with van der Waals surface area (Å²) in [7, 11) is 1.85. The summed E-state index contributed by atoms with van der Waals surface area (Å²) >= 11 is 5.59. The molecule has 0 unspecified atom stereocenters. The van der Waals surface area contributed by atoms with Crippen molar-refractivity contribution in [3.05, 3.63) is 17.5 Å². The van der Waals surface area contributed by atoms with Crippen LogP contribution in [0.2, 0.25) is 5.15 Å². The van der Waals surface area contributed by atoms with Gasteiger partial charge in [-0.15, -0.1) is 0 Å². The zero-order valence-corrected chi connectivity index (χ0v) is 7.51. The molecule has 0 saturated carbocycles. The third-order valence-electron chi connectivity index (χ3n) is 1.19. The minimum atomic E-state index is 0.344. The van der Waals surface area contributed by atoms with E-state index in [2.05, 4.69) is 15.3 Å². The molecule has 0 aromatic carbocycles. The molecule has 1 heterocycles. The maximum atomic E-state index is 5.59. The Hall–Kier alpha value is -0.870. The molecule has 0 saturated heterocycles. The van der Waals surface area contributed by atoms with E-state index in [1.54, 1.807) is 0 Å². The second kappa shape index (κ2) is 4.90. The van der Waals surface area contributed by atoms with Crippen molar-refractivity contribution in [1.29, 1.82) is 0 Å². The van der Waals surface area contributed by atoms with Crippen molar-refractivity contribution in [2.24, 2.45) is 0 Å². The highest BCUT2D eigenvalue weighted by molar-refractivity contribution is 6.29. The van der Waals surface area contributed by atoms with Crippen LogP contribution in [0.4, 0.5) is 0 Å². The lowest BCUT2D eigenvalue weighted by Gasteiger charge is -2.03. The first-order valence-electron chi connectivity index (χ1n) is 3.58. The number of halogens is 1. The fourth-order valence-corrected chi connectivity index (χ4v) is 0.792. The van der Waals surface area contributed by atoms with Crippen LogP contribution in [0.15, 0.2) is 12.4 Å². The zero-order valence-electron chi connectivity index (χ0n) is 6.75. The maximum absolute atomic E-state index is 5.59. The van der Waals surface area contributed by atoms with Crippen molar-refractivity contribution in [2.75, 3.05) is 20.2 Å². The third-order valence-corrected chi connectivity index (χ3v) is 1.37. The molecule has 1 N–H and O–H groups in total. The fraction of sp³-hybridized carbons (Fsp3) is 0.429. The number of nitrogens with zero attached hydrogens (tertiary/aromatic N) is 2. The van der Waals surface area contributed by atoms with Gasteiger partial charge in [0.2, 0.25) is 5.88 Å². The summed E-state index contributed by atoms with van der Waals surface area (Å²) in [6.45, 7) is 1.33. The summed E-state index contributed by atoms with van der Waals surface area (Å²) in [6, 6.07) is 0. The van der Waals surface area contributed by atoms with E-state index < -0.39 is 0 Å². The predicted octanol–water partition coefficient (Wildman–Crippen LogP) is 0.728. The normalized spacial score (nSPS) is 9.83. The number of rotatable bonds is 4. The van der Waals surface area contributed by atoms with Crippen LogP contribution in [0.5, 0.6) is 5.88 Å². The summed E-state index contributed by atoms with van der Waals surface area (Å²) in [5.74, 6) is 0.456. The molecule has 0 aliphatic heterocycles. The van der Waals surface area contributed by atoms with Gasteiger partial charge >= 0.3 is 0 Å². The zero-order chi connectivity index (χ0) is 8.81. The Balaban J connectivity index is 2.41. The minimum Gasteiger partial charge on any atom is -0.475 e. The maximum Gasteiger partial charge on any atom is 0.233 e. The number of nitrogens with one attached hydrogen (secondary N) is 1. The van der Waals surface area contributed by atoms with Gasteiger partial charge in [-0.05, 0) is 7.05 Å². The molecule has 0 aliphatic rings. The molecule has 0 radical (unpaired) electrons. The second-order valence-electron chi connectivity index (χ2n) is 2.13. The number of hydrogen-bond donors (Lipinski definition) is 1. The van der Waals surface area contributed by atoms with E-state index in [0.29, 0.717) is 17.6 Å². The van der Waals surface area contributed by atoms with Crippen LogP contribution in [-0.2, 0) is 0 Å². The van der Waals surface area contributed by atoms with Crippen LogP contribution in [0.3, 0.4) is 0 Å². The van der Waals surface area contributed by atoms with E-state index in [9.17, 15) is 0 Å². The van der Waals surface area contributed by atoms with Gasteiger partial charge in [0.25, 0.3) is 0 Å². The van der Waals surface area contributed by atoms with Gasteiger partial charge in [0, 0.05) is 6.54 Å². The highest BCUT2D eigenvalue weighted by Gasteiger charge is 1.95. The SMILES string of the molecule is CNCCOc1cncc(Cl)n1.